The molecule has 17 heavy (non-hydrogen) atoms. The predicted molar refractivity (Wildman–Crippen MR) is 66.6 cm³/mol. The first-order valence-corrected chi connectivity index (χ1v) is 6.18. The molecule has 0 aliphatic heterocycles. The van der Waals surface area contributed by atoms with E-state index in [1.54, 1.807) is 19.2 Å². The first-order valence-electron chi connectivity index (χ1n) is 6.18. The Bertz CT molecular complexity index is 390. The smallest absolute Gasteiger partial charge is 0.123 e. The number of halogens is 1. The van der Waals surface area contributed by atoms with E-state index in [9.17, 15) is 4.39 Å². The summed E-state index contributed by atoms with van der Waals surface area (Å²) in [6.07, 6.45) is 2.58. The highest BCUT2D eigenvalue weighted by atomic mass is 19.1. The van der Waals surface area contributed by atoms with Crippen molar-refractivity contribution < 1.29 is 9.13 Å². The Balaban J connectivity index is 2.30. The molecule has 1 aromatic carbocycles. The molecule has 0 heterocycles. The molecule has 2 nitrogen and oxygen atoms in total. The fraction of sp³-hybridized carbons (Fsp3) is 0.571. The maximum atomic E-state index is 13.4. The first kappa shape index (κ1) is 12.4. The Hall–Kier alpha value is -1.09. The van der Waals surface area contributed by atoms with Crippen LogP contribution in [0.4, 0.5) is 4.39 Å². The van der Waals surface area contributed by atoms with Crippen molar-refractivity contribution in [1.82, 2.24) is 5.32 Å². The molecule has 0 aromatic heterocycles. The van der Waals surface area contributed by atoms with Crippen LogP contribution < -0.4 is 10.1 Å². The molecule has 1 saturated carbocycles. The Morgan fingerprint density at radius 3 is 2.65 bits per heavy atom. The molecule has 0 bridgehead atoms. The molecule has 2 atom stereocenters. The Morgan fingerprint density at radius 1 is 1.41 bits per heavy atom. The highest BCUT2D eigenvalue weighted by Gasteiger charge is 2.34. The first-order chi connectivity index (χ1) is 8.17. The van der Waals surface area contributed by atoms with E-state index in [1.165, 1.54) is 18.9 Å². The third-order valence-electron chi connectivity index (χ3n) is 3.73. The lowest BCUT2D eigenvalue weighted by Crippen LogP contribution is -2.25. The van der Waals surface area contributed by atoms with E-state index in [0.717, 1.165) is 17.2 Å². The predicted octanol–water partition coefficient (Wildman–Crippen LogP) is 3.14. The van der Waals surface area contributed by atoms with E-state index in [0.29, 0.717) is 5.92 Å². The number of hydrogen-bond acceptors (Lipinski definition) is 2. The van der Waals surface area contributed by atoms with Gasteiger partial charge in [-0.25, -0.2) is 4.39 Å². The molecule has 0 amide bonds. The summed E-state index contributed by atoms with van der Waals surface area (Å²) in [5.41, 5.74) is 0.925. The summed E-state index contributed by atoms with van der Waals surface area (Å²) in [5, 5.41) is 3.29. The number of ether oxygens (including phenoxy) is 1. The van der Waals surface area contributed by atoms with Gasteiger partial charge < -0.3 is 10.1 Å². The van der Waals surface area contributed by atoms with Gasteiger partial charge in [-0.05, 0) is 49.9 Å². The molecule has 1 aromatic rings. The van der Waals surface area contributed by atoms with Crippen LogP contribution in [-0.2, 0) is 0 Å². The van der Waals surface area contributed by atoms with Gasteiger partial charge in [0.25, 0.3) is 0 Å². The number of rotatable bonds is 5. The number of nitrogens with one attached hydrogen (secondary N) is 1. The summed E-state index contributed by atoms with van der Waals surface area (Å²) < 4.78 is 18.7. The summed E-state index contributed by atoms with van der Waals surface area (Å²) in [7, 11) is 3.55. The molecule has 1 N–H and O–H groups in total. The fourth-order valence-corrected chi connectivity index (χ4v) is 2.54. The van der Waals surface area contributed by atoms with Crippen molar-refractivity contribution in [3.8, 4) is 5.75 Å². The van der Waals surface area contributed by atoms with Gasteiger partial charge in [-0.3, -0.25) is 0 Å². The van der Waals surface area contributed by atoms with Gasteiger partial charge >= 0.3 is 0 Å². The quantitative estimate of drug-likeness (QED) is 0.849. The van der Waals surface area contributed by atoms with Gasteiger partial charge in [-0.15, -0.1) is 0 Å². The summed E-state index contributed by atoms with van der Waals surface area (Å²) >= 11 is 0. The van der Waals surface area contributed by atoms with Crippen LogP contribution in [0.3, 0.4) is 0 Å². The standard InChI is InChI=1S/C14H20FNO/c1-9(10-4-5-10)14(16-2)12-8-11(15)6-7-13(12)17-3/h6-10,14,16H,4-5H2,1-3H3. The topological polar surface area (TPSA) is 21.3 Å². The van der Waals surface area contributed by atoms with Crippen LogP contribution in [0.2, 0.25) is 0 Å². The zero-order valence-electron chi connectivity index (χ0n) is 10.7. The third-order valence-corrected chi connectivity index (χ3v) is 3.73. The molecule has 1 fully saturated rings. The minimum Gasteiger partial charge on any atom is -0.496 e. The molecule has 1 aliphatic rings. The van der Waals surface area contributed by atoms with E-state index in [2.05, 4.69) is 12.2 Å². The summed E-state index contributed by atoms with van der Waals surface area (Å²) in [5.74, 6) is 1.83. The molecule has 0 saturated heterocycles. The second-order valence-corrected chi connectivity index (χ2v) is 4.85. The van der Waals surface area contributed by atoms with Crippen LogP contribution in [0.15, 0.2) is 18.2 Å². The largest absolute Gasteiger partial charge is 0.496 e. The molecule has 1 aliphatic carbocycles. The summed E-state index contributed by atoms with van der Waals surface area (Å²) in [6, 6.07) is 4.89. The van der Waals surface area contributed by atoms with Gasteiger partial charge in [0.15, 0.2) is 0 Å². The monoisotopic (exact) mass is 237 g/mol. The normalized spacial score (nSPS) is 18.8. The van der Waals surface area contributed by atoms with Gasteiger partial charge in [-0.2, -0.15) is 0 Å². The lowest BCUT2D eigenvalue weighted by Gasteiger charge is -2.25. The second kappa shape index (κ2) is 5.05. The molecule has 94 valence electrons. The average Bonchev–Trinajstić information content (AvgIpc) is 3.14. The minimum atomic E-state index is -0.205. The van der Waals surface area contributed by atoms with Gasteiger partial charge in [0.05, 0.1) is 7.11 Å². The summed E-state index contributed by atoms with van der Waals surface area (Å²) in [4.78, 5) is 0. The molecule has 2 unspecified atom stereocenters. The lowest BCUT2D eigenvalue weighted by molar-refractivity contribution is 0.345. The zero-order valence-corrected chi connectivity index (χ0v) is 10.7. The Labute approximate surface area is 102 Å². The van der Waals surface area contributed by atoms with Crippen LogP contribution in [0.1, 0.15) is 31.4 Å². The van der Waals surface area contributed by atoms with E-state index in [-0.39, 0.29) is 11.9 Å². The van der Waals surface area contributed by atoms with E-state index < -0.39 is 0 Å². The van der Waals surface area contributed by atoms with Crippen molar-refractivity contribution in [3.63, 3.8) is 0 Å². The van der Waals surface area contributed by atoms with Crippen molar-refractivity contribution >= 4 is 0 Å². The van der Waals surface area contributed by atoms with Crippen molar-refractivity contribution in [2.75, 3.05) is 14.2 Å². The molecular formula is C14H20FNO. The highest BCUT2D eigenvalue weighted by Crippen LogP contribution is 2.44. The van der Waals surface area contributed by atoms with Gasteiger partial charge in [-0.1, -0.05) is 6.92 Å². The maximum absolute atomic E-state index is 13.4. The van der Waals surface area contributed by atoms with E-state index in [4.69, 9.17) is 4.74 Å². The minimum absolute atomic E-state index is 0.160. The van der Waals surface area contributed by atoms with Crippen molar-refractivity contribution in [3.05, 3.63) is 29.6 Å². The second-order valence-electron chi connectivity index (χ2n) is 4.85. The fourth-order valence-electron chi connectivity index (χ4n) is 2.54. The van der Waals surface area contributed by atoms with Gasteiger partial charge in [0, 0.05) is 11.6 Å². The molecular weight excluding hydrogens is 217 g/mol. The van der Waals surface area contributed by atoms with Crippen LogP contribution in [-0.4, -0.2) is 14.2 Å². The zero-order chi connectivity index (χ0) is 12.4. The van der Waals surface area contributed by atoms with Crippen molar-refractivity contribution in [2.24, 2.45) is 11.8 Å². The van der Waals surface area contributed by atoms with Gasteiger partial charge in [0.1, 0.15) is 11.6 Å². The average molecular weight is 237 g/mol. The van der Waals surface area contributed by atoms with Gasteiger partial charge in [0.2, 0.25) is 0 Å². The lowest BCUT2D eigenvalue weighted by atomic mass is 9.90. The number of methoxy groups -OCH3 is 1. The number of benzene rings is 1. The van der Waals surface area contributed by atoms with Crippen LogP contribution in [0, 0.1) is 17.7 Å². The maximum Gasteiger partial charge on any atom is 0.123 e. The van der Waals surface area contributed by atoms with Crippen molar-refractivity contribution in [2.45, 2.75) is 25.8 Å². The van der Waals surface area contributed by atoms with Crippen LogP contribution in [0.5, 0.6) is 5.75 Å². The molecule has 0 radical (unpaired) electrons. The Kier molecular flexibility index (Phi) is 3.67. The SMILES string of the molecule is CNC(c1cc(F)ccc1OC)C(C)C1CC1. The van der Waals surface area contributed by atoms with Crippen molar-refractivity contribution in [1.29, 1.82) is 0 Å². The molecule has 3 heteroatoms. The molecule has 0 spiro atoms. The third kappa shape index (κ3) is 2.60. The van der Waals surface area contributed by atoms with E-state index in [1.807, 2.05) is 7.05 Å². The van der Waals surface area contributed by atoms with Crippen LogP contribution in [0.25, 0.3) is 0 Å². The summed E-state index contributed by atoms with van der Waals surface area (Å²) in [6.45, 7) is 2.23. The van der Waals surface area contributed by atoms with Crippen LogP contribution >= 0.6 is 0 Å². The number of hydrogen-bond donors (Lipinski definition) is 1. The molecule has 2 rings (SSSR count). The van der Waals surface area contributed by atoms with E-state index >= 15 is 0 Å². The Morgan fingerprint density at radius 2 is 2.12 bits per heavy atom. The highest BCUT2D eigenvalue weighted by molar-refractivity contribution is 5.37.